The van der Waals surface area contributed by atoms with Crippen LogP contribution >= 0.6 is 0 Å². The first kappa shape index (κ1) is 5.14. The molecule has 0 aliphatic heterocycles. The molecule has 7 nitrogen and oxygen atoms in total. The van der Waals surface area contributed by atoms with Crippen molar-refractivity contribution < 1.29 is 22.9 Å². The van der Waals surface area contributed by atoms with Gasteiger partial charge in [0.1, 0.15) is 1.37 Å². The summed E-state index contributed by atoms with van der Waals surface area (Å²) in [6.07, 6.45) is -8.88. The predicted molar refractivity (Wildman–Crippen MR) is 75.7 cm³/mol. The van der Waals surface area contributed by atoms with Crippen molar-refractivity contribution in [3.05, 3.63) is 27.1 Å². The number of fused-ring (bicyclic) bond motifs is 1. The molecule has 0 radical (unpaired) electrons. The number of rotatable bonds is 5. The average Bonchev–Trinajstić information content (AvgIpc) is 2.92. The molecule has 0 aromatic carbocycles. The highest BCUT2D eigenvalue weighted by Gasteiger charge is 2.14. The Labute approximate surface area is 134 Å². The molecule has 0 amide bonds. The van der Waals surface area contributed by atoms with Crippen LogP contribution in [-0.2, 0) is 20.5 Å². The van der Waals surface area contributed by atoms with Crippen LogP contribution in [0.1, 0.15) is 43.9 Å². The van der Waals surface area contributed by atoms with Crippen molar-refractivity contribution in [1.82, 2.24) is 18.7 Å². The van der Waals surface area contributed by atoms with Gasteiger partial charge in [-0.1, -0.05) is 0 Å². The first-order valence-electron chi connectivity index (χ1n) is 12.0. The molecule has 0 spiro atoms. The van der Waals surface area contributed by atoms with E-state index in [1.54, 1.807) is 0 Å². The number of aliphatic hydroxyl groups is 1. The third kappa shape index (κ3) is 2.53. The van der Waals surface area contributed by atoms with Crippen LogP contribution in [0.3, 0.4) is 0 Å². The third-order valence-corrected chi connectivity index (χ3v) is 2.62. The van der Waals surface area contributed by atoms with Gasteiger partial charge in [0.2, 0.25) is 0 Å². The summed E-state index contributed by atoms with van der Waals surface area (Å²) < 4.78 is 97.9. The van der Waals surface area contributed by atoms with Gasteiger partial charge in [0.15, 0.2) is 11.2 Å². The molecule has 0 aliphatic carbocycles. The molecular formula is C13H20N4O3. The molecule has 0 saturated carbocycles. The molecule has 0 fully saturated rings. The number of nitrogens with zero attached hydrogens (tertiary/aromatic N) is 4. The van der Waals surface area contributed by atoms with Crippen molar-refractivity contribution in [2.24, 2.45) is 14.0 Å². The fourth-order valence-corrected chi connectivity index (χ4v) is 1.71. The van der Waals surface area contributed by atoms with E-state index < -0.39 is 81.4 Å². The first-order chi connectivity index (χ1) is 14.6. The minimum absolute atomic E-state index is 0.0575. The lowest BCUT2D eigenvalue weighted by Gasteiger charge is -2.09. The maximum absolute atomic E-state index is 12.9. The lowest BCUT2D eigenvalue weighted by atomic mass is 10.2. The standard InChI is InChI=1S/C13H20N4O3/c1-9(18)6-4-5-7-17-12(19)10-11(14-8-15(10)2)16(3)13(17)20/h8-9,18H,4-7H2,1-3H3/t9-/m0/s1/i1D3,2D3,3D3,6D2,8D,9D. The molecule has 1 atom stereocenters. The molecule has 20 heavy (non-hydrogen) atoms. The topological polar surface area (TPSA) is 82.1 Å². The monoisotopic (exact) mass is 293 g/mol. The largest absolute Gasteiger partial charge is 0.393 e. The molecule has 2 aromatic heterocycles. The highest BCUT2D eigenvalue weighted by molar-refractivity contribution is 5.69. The third-order valence-electron chi connectivity index (χ3n) is 2.62. The van der Waals surface area contributed by atoms with Gasteiger partial charge in [0, 0.05) is 35.6 Å². The van der Waals surface area contributed by atoms with Gasteiger partial charge < -0.3 is 9.67 Å². The SMILES string of the molecule is [2H]c1nc2c(c(=O)n(CCCC([2H])([2H])[C@@]([2H])(O)C([2H])([2H])[2H])c(=O)n2C([2H])([2H])[2H])n1C([2H])([2H])[2H]. The lowest BCUT2D eigenvalue weighted by Crippen LogP contribution is -2.39. The van der Waals surface area contributed by atoms with Crippen LogP contribution in [0.2, 0.25) is 0 Å². The molecule has 2 aromatic rings. The van der Waals surface area contributed by atoms with Crippen LogP contribution in [0.4, 0.5) is 0 Å². The van der Waals surface area contributed by atoms with Crippen molar-refractivity contribution in [3.63, 3.8) is 0 Å². The van der Waals surface area contributed by atoms with Crippen molar-refractivity contribution in [2.75, 3.05) is 0 Å². The quantitative estimate of drug-likeness (QED) is 0.840. The molecular weight excluding hydrogens is 260 g/mol. The average molecular weight is 293 g/mol. The number of aromatic nitrogens is 4. The number of imidazole rings is 1. The molecule has 2 rings (SSSR count). The van der Waals surface area contributed by atoms with Gasteiger partial charge in [-0.3, -0.25) is 13.9 Å². The van der Waals surface area contributed by atoms with E-state index in [1.807, 2.05) is 0 Å². The molecule has 0 unspecified atom stereocenters. The number of hydrogen-bond acceptors (Lipinski definition) is 4. The van der Waals surface area contributed by atoms with Gasteiger partial charge in [0.05, 0.1) is 13.8 Å². The minimum atomic E-state index is -3.52. The Morgan fingerprint density at radius 1 is 1.55 bits per heavy atom. The van der Waals surface area contributed by atoms with E-state index >= 15 is 0 Å². The van der Waals surface area contributed by atoms with Gasteiger partial charge in [-0.2, -0.15) is 0 Å². The van der Waals surface area contributed by atoms with Crippen LogP contribution in [0, 0.1) is 0 Å². The predicted octanol–water partition coefficient (Wildman–Crippen LogP) is -0.0152. The Morgan fingerprint density at radius 2 is 2.40 bits per heavy atom. The molecule has 1 N–H and O–H groups in total. The highest BCUT2D eigenvalue weighted by Crippen LogP contribution is 2.04. The van der Waals surface area contributed by atoms with Crippen molar-refractivity contribution in [2.45, 2.75) is 38.7 Å². The summed E-state index contributed by atoms with van der Waals surface area (Å²) in [6.45, 7) is -10.5. The van der Waals surface area contributed by atoms with Crippen LogP contribution in [0.5, 0.6) is 0 Å². The van der Waals surface area contributed by atoms with Crippen LogP contribution in [0.25, 0.3) is 11.2 Å². The summed E-state index contributed by atoms with van der Waals surface area (Å²) in [5, 5.41) is 9.83. The second-order valence-corrected chi connectivity index (χ2v) is 3.92. The zero-order chi connectivity index (χ0) is 25.9. The molecule has 0 saturated heterocycles. The van der Waals surface area contributed by atoms with Crippen LogP contribution < -0.4 is 11.2 Å². The number of aryl methyl sites for hydroxylation is 2. The normalized spacial score (nSPS) is 26.8. The lowest BCUT2D eigenvalue weighted by molar-refractivity contribution is 0.180. The first-order valence-corrected chi connectivity index (χ1v) is 5.54. The minimum Gasteiger partial charge on any atom is -0.393 e. The zero-order valence-electron chi connectivity index (χ0n) is 23.2. The van der Waals surface area contributed by atoms with E-state index in [0.717, 1.165) is 0 Å². The van der Waals surface area contributed by atoms with Gasteiger partial charge in [-0.25, -0.2) is 9.78 Å². The Hall–Kier alpha value is -1.89. The van der Waals surface area contributed by atoms with E-state index in [2.05, 4.69) is 4.98 Å². The maximum atomic E-state index is 12.9. The van der Waals surface area contributed by atoms with Crippen molar-refractivity contribution in [3.8, 4) is 0 Å². The molecule has 7 heteroatoms. The Morgan fingerprint density at radius 3 is 3.10 bits per heavy atom. The fraction of sp³-hybridized carbons (Fsp3) is 0.615. The van der Waals surface area contributed by atoms with Crippen molar-refractivity contribution >= 4 is 11.2 Å². The van der Waals surface area contributed by atoms with E-state index in [4.69, 9.17) is 17.8 Å². The summed E-state index contributed by atoms with van der Waals surface area (Å²) in [5.41, 5.74) is -4.46. The summed E-state index contributed by atoms with van der Waals surface area (Å²) in [7, 11) is 0. The fourth-order valence-electron chi connectivity index (χ4n) is 1.71. The summed E-state index contributed by atoms with van der Waals surface area (Å²) in [6, 6.07) is 0. The van der Waals surface area contributed by atoms with Gasteiger partial charge >= 0.3 is 5.69 Å². The molecule has 110 valence electrons. The summed E-state index contributed by atoms with van der Waals surface area (Å²) >= 11 is 0. The smallest absolute Gasteiger partial charge is 0.332 e. The van der Waals surface area contributed by atoms with Gasteiger partial charge in [-0.15, -0.1) is 0 Å². The molecule has 2 heterocycles. The molecule has 0 aliphatic rings. The maximum Gasteiger partial charge on any atom is 0.332 e. The molecule has 0 bridgehead atoms. The van der Waals surface area contributed by atoms with E-state index in [1.165, 1.54) is 0 Å². The zero-order valence-corrected chi connectivity index (χ0v) is 10.2. The van der Waals surface area contributed by atoms with E-state index in [9.17, 15) is 14.7 Å². The van der Waals surface area contributed by atoms with Gasteiger partial charge in [0.25, 0.3) is 5.56 Å². The second kappa shape index (κ2) is 5.62. The Kier molecular flexibility index (Phi) is 1.44. The highest BCUT2D eigenvalue weighted by atomic mass is 16.3. The van der Waals surface area contributed by atoms with Gasteiger partial charge in [-0.05, 0) is 26.1 Å². The van der Waals surface area contributed by atoms with Crippen LogP contribution in [0.15, 0.2) is 15.9 Å². The summed E-state index contributed by atoms with van der Waals surface area (Å²) in [4.78, 5) is 29.2. The number of hydrogen-bond donors (Lipinski definition) is 1. The summed E-state index contributed by atoms with van der Waals surface area (Å²) in [5.74, 6) is 0. The second-order valence-electron chi connectivity index (χ2n) is 3.92. The Balaban J connectivity index is 2.65. The van der Waals surface area contributed by atoms with Crippen molar-refractivity contribution in [1.29, 1.82) is 0 Å². The van der Waals surface area contributed by atoms with E-state index in [-0.39, 0.29) is 9.13 Å². The van der Waals surface area contributed by atoms with Crippen LogP contribution in [-0.4, -0.2) is 29.9 Å². The van der Waals surface area contributed by atoms with E-state index in [0.29, 0.717) is 4.57 Å². The Bertz CT molecular complexity index is 1170.